The second-order valence-corrected chi connectivity index (χ2v) is 5.60. The van der Waals surface area contributed by atoms with Crippen molar-refractivity contribution in [1.29, 1.82) is 0 Å². The lowest BCUT2D eigenvalue weighted by Crippen LogP contribution is -2.47. The van der Waals surface area contributed by atoms with Crippen molar-refractivity contribution in [3.05, 3.63) is 16.4 Å². The van der Waals surface area contributed by atoms with Crippen LogP contribution in [0.2, 0.25) is 5.02 Å². The first kappa shape index (κ1) is 13.8. The number of rotatable bonds is 4. The molecule has 18 heavy (non-hydrogen) atoms. The number of nitrogens with zero attached hydrogens (tertiary/aromatic N) is 2. The highest BCUT2D eigenvalue weighted by molar-refractivity contribution is 6.31. The van der Waals surface area contributed by atoms with Gasteiger partial charge in [0.15, 0.2) is 0 Å². The van der Waals surface area contributed by atoms with Gasteiger partial charge in [-0.15, -0.1) is 0 Å². The van der Waals surface area contributed by atoms with Crippen LogP contribution in [0, 0.1) is 0 Å². The molecule has 0 saturated carbocycles. The van der Waals surface area contributed by atoms with E-state index in [0.717, 1.165) is 42.4 Å². The molecule has 1 aliphatic heterocycles. The first-order chi connectivity index (χ1) is 8.48. The molecule has 0 radical (unpaired) electrons. The Kier molecular flexibility index (Phi) is 3.99. The van der Waals surface area contributed by atoms with E-state index in [-0.39, 0.29) is 11.6 Å². The fourth-order valence-corrected chi connectivity index (χ4v) is 2.73. The molecule has 1 fully saturated rings. The number of nitrogens with one attached hydrogen (secondary N) is 1. The lowest BCUT2D eigenvalue weighted by molar-refractivity contribution is 0.0879. The van der Waals surface area contributed by atoms with Gasteiger partial charge < -0.3 is 10.1 Å². The third kappa shape index (κ3) is 2.42. The van der Waals surface area contributed by atoms with Gasteiger partial charge in [0.05, 0.1) is 22.5 Å². The van der Waals surface area contributed by atoms with Crippen LogP contribution in [0.4, 0.5) is 0 Å². The van der Waals surface area contributed by atoms with E-state index in [4.69, 9.17) is 16.3 Å². The summed E-state index contributed by atoms with van der Waals surface area (Å²) in [4.78, 5) is 0. The Morgan fingerprint density at radius 2 is 2.33 bits per heavy atom. The predicted molar refractivity (Wildman–Crippen MR) is 72.9 cm³/mol. The Labute approximate surface area is 114 Å². The predicted octanol–water partition coefficient (Wildman–Crippen LogP) is 2.29. The molecule has 0 bridgehead atoms. The Hall–Kier alpha value is -0.580. The van der Waals surface area contributed by atoms with Gasteiger partial charge in [-0.05, 0) is 26.7 Å². The summed E-state index contributed by atoms with van der Waals surface area (Å²) in [7, 11) is 1.94. The third-order valence-corrected chi connectivity index (χ3v) is 4.49. The molecule has 1 saturated heterocycles. The highest BCUT2D eigenvalue weighted by Gasteiger charge is 2.36. The molecule has 2 heterocycles. The lowest BCUT2D eigenvalue weighted by atomic mass is 9.94. The molecular formula is C13H22ClN3O. The summed E-state index contributed by atoms with van der Waals surface area (Å²) in [6, 6.07) is 0. The van der Waals surface area contributed by atoms with Crippen LogP contribution in [0.3, 0.4) is 0 Å². The van der Waals surface area contributed by atoms with Crippen LogP contribution in [0.1, 0.15) is 38.6 Å². The van der Waals surface area contributed by atoms with Crippen LogP contribution in [0.5, 0.6) is 0 Å². The van der Waals surface area contributed by atoms with Crippen molar-refractivity contribution in [3.63, 3.8) is 0 Å². The molecule has 2 unspecified atom stereocenters. The number of hydrogen-bond donors (Lipinski definition) is 1. The van der Waals surface area contributed by atoms with E-state index in [0.29, 0.717) is 0 Å². The summed E-state index contributed by atoms with van der Waals surface area (Å²) in [5, 5.41) is 8.80. The van der Waals surface area contributed by atoms with E-state index in [1.165, 1.54) is 0 Å². The zero-order valence-electron chi connectivity index (χ0n) is 11.6. The van der Waals surface area contributed by atoms with Crippen molar-refractivity contribution in [3.8, 4) is 0 Å². The summed E-state index contributed by atoms with van der Waals surface area (Å²) in [5.74, 6) is 0. The molecule has 0 amide bonds. The number of ether oxygens (including phenoxy) is 1. The number of aryl methyl sites for hydroxylation is 2. The monoisotopic (exact) mass is 271 g/mol. The molecule has 102 valence electrons. The van der Waals surface area contributed by atoms with Crippen LogP contribution in [-0.4, -0.2) is 28.0 Å². The second-order valence-electron chi connectivity index (χ2n) is 5.22. The van der Waals surface area contributed by atoms with E-state index in [1.54, 1.807) is 0 Å². The van der Waals surface area contributed by atoms with Gasteiger partial charge in [-0.3, -0.25) is 4.68 Å². The number of aromatic nitrogens is 2. The van der Waals surface area contributed by atoms with Crippen LogP contribution in [0.15, 0.2) is 0 Å². The Morgan fingerprint density at radius 3 is 2.83 bits per heavy atom. The van der Waals surface area contributed by atoms with Crippen LogP contribution in [0.25, 0.3) is 0 Å². The zero-order chi connectivity index (χ0) is 13.3. The van der Waals surface area contributed by atoms with Gasteiger partial charge in [0.2, 0.25) is 0 Å². The zero-order valence-corrected chi connectivity index (χ0v) is 12.3. The van der Waals surface area contributed by atoms with E-state index in [1.807, 2.05) is 11.7 Å². The normalized spacial score (nSPS) is 27.9. The minimum atomic E-state index is 0.0278. The molecule has 1 aromatic rings. The molecule has 5 heteroatoms. The molecule has 1 aromatic heterocycles. The minimum absolute atomic E-state index is 0.0278. The Bertz CT molecular complexity index is 432. The highest BCUT2D eigenvalue weighted by Crippen LogP contribution is 2.27. The summed E-state index contributed by atoms with van der Waals surface area (Å²) < 4.78 is 7.50. The number of hydrogen-bond acceptors (Lipinski definition) is 3. The molecule has 0 aromatic carbocycles. The van der Waals surface area contributed by atoms with Gasteiger partial charge in [0, 0.05) is 25.7 Å². The summed E-state index contributed by atoms with van der Waals surface area (Å²) in [6.07, 6.45) is 2.13. The topological polar surface area (TPSA) is 39.1 Å². The van der Waals surface area contributed by atoms with E-state index >= 15 is 0 Å². The van der Waals surface area contributed by atoms with Gasteiger partial charge in [-0.2, -0.15) is 5.10 Å². The van der Waals surface area contributed by atoms with Crippen molar-refractivity contribution in [1.82, 2.24) is 15.1 Å². The minimum Gasteiger partial charge on any atom is -0.377 e. The maximum atomic E-state index is 6.34. The van der Waals surface area contributed by atoms with Gasteiger partial charge in [-0.1, -0.05) is 18.5 Å². The third-order valence-electron chi connectivity index (χ3n) is 4.05. The largest absolute Gasteiger partial charge is 0.377 e. The molecule has 4 nitrogen and oxygen atoms in total. The first-order valence-corrected chi connectivity index (χ1v) is 6.92. The van der Waals surface area contributed by atoms with Gasteiger partial charge in [0.25, 0.3) is 0 Å². The maximum Gasteiger partial charge on any atom is 0.0863 e. The molecule has 1 aliphatic rings. The van der Waals surface area contributed by atoms with Crippen molar-refractivity contribution in [2.75, 3.05) is 6.61 Å². The van der Waals surface area contributed by atoms with Gasteiger partial charge >= 0.3 is 0 Å². The Morgan fingerprint density at radius 1 is 1.61 bits per heavy atom. The van der Waals surface area contributed by atoms with Crippen LogP contribution < -0.4 is 5.32 Å². The molecule has 0 aliphatic carbocycles. The van der Waals surface area contributed by atoms with Crippen molar-refractivity contribution in [2.24, 2.45) is 7.05 Å². The van der Waals surface area contributed by atoms with Crippen LogP contribution in [-0.2, 0) is 24.8 Å². The van der Waals surface area contributed by atoms with E-state index in [2.05, 4.69) is 31.2 Å². The summed E-state index contributed by atoms with van der Waals surface area (Å²) >= 11 is 6.34. The van der Waals surface area contributed by atoms with Gasteiger partial charge in [0.1, 0.15) is 0 Å². The van der Waals surface area contributed by atoms with E-state index < -0.39 is 0 Å². The second kappa shape index (κ2) is 5.19. The van der Waals surface area contributed by atoms with E-state index in [9.17, 15) is 0 Å². The number of halogens is 1. The average molecular weight is 272 g/mol. The quantitative estimate of drug-likeness (QED) is 0.913. The van der Waals surface area contributed by atoms with Crippen molar-refractivity contribution in [2.45, 2.75) is 51.8 Å². The summed E-state index contributed by atoms with van der Waals surface area (Å²) in [6.45, 7) is 7.94. The standard InChI is InChI=1S/C13H22ClN3O/c1-5-10-12(14)11(17(4)16-10)8-15-13(3)6-7-18-9(13)2/h9,15H,5-8H2,1-4H3. The van der Waals surface area contributed by atoms with Crippen LogP contribution >= 0.6 is 11.6 Å². The van der Waals surface area contributed by atoms with Crippen molar-refractivity contribution >= 4 is 11.6 Å². The first-order valence-electron chi connectivity index (χ1n) is 6.55. The molecule has 2 rings (SSSR count). The molecular weight excluding hydrogens is 250 g/mol. The SMILES string of the molecule is CCc1nn(C)c(CNC2(C)CCOC2C)c1Cl. The summed E-state index contributed by atoms with van der Waals surface area (Å²) in [5.41, 5.74) is 2.05. The average Bonchev–Trinajstić information content (AvgIpc) is 2.79. The fraction of sp³-hybridized carbons (Fsp3) is 0.769. The smallest absolute Gasteiger partial charge is 0.0863 e. The maximum absolute atomic E-state index is 6.34. The highest BCUT2D eigenvalue weighted by atomic mass is 35.5. The Balaban J connectivity index is 2.08. The van der Waals surface area contributed by atoms with Gasteiger partial charge in [-0.25, -0.2) is 0 Å². The lowest BCUT2D eigenvalue weighted by Gasteiger charge is -2.29. The molecule has 0 spiro atoms. The molecule has 1 N–H and O–H groups in total. The molecule has 2 atom stereocenters. The van der Waals surface area contributed by atoms with Crippen molar-refractivity contribution < 1.29 is 4.74 Å². The fourth-order valence-electron chi connectivity index (χ4n) is 2.36.